The zero-order valence-corrected chi connectivity index (χ0v) is 14.3. The molecule has 0 spiro atoms. The summed E-state index contributed by atoms with van der Waals surface area (Å²) in [6, 6.07) is 2.55. The van der Waals surface area contributed by atoms with E-state index in [1.54, 1.807) is 0 Å². The number of aryl methyl sites for hydroxylation is 1. The number of fused-ring (bicyclic) bond motifs is 1. The smallest absolute Gasteiger partial charge is 0.177 e. The van der Waals surface area contributed by atoms with E-state index in [-0.39, 0.29) is 18.4 Å². The fraction of sp³-hybridized carbons (Fsp3) is 0.438. The van der Waals surface area contributed by atoms with Crippen molar-refractivity contribution in [1.29, 1.82) is 0 Å². The van der Waals surface area contributed by atoms with Crippen LogP contribution in [-0.2, 0) is 19.3 Å². The number of imidazole rings is 1. The number of aromatic nitrogens is 2. The zero-order chi connectivity index (χ0) is 15.7. The highest BCUT2D eigenvalue weighted by molar-refractivity contribution is 7.71. The summed E-state index contributed by atoms with van der Waals surface area (Å²) in [5.41, 5.74) is 8.08. The van der Waals surface area contributed by atoms with Gasteiger partial charge in [0.05, 0.1) is 0 Å². The number of nitrogens with two attached hydrogens (primary N) is 1. The van der Waals surface area contributed by atoms with Crippen LogP contribution < -0.4 is 5.73 Å². The van der Waals surface area contributed by atoms with Gasteiger partial charge in [-0.25, -0.2) is 8.78 Å². The van der Waals surface area contributed by atoms with E-state index in [1.165, 1.54) is 6.07 Å². The van der Waals surface area contributed by atoms with Crippen LogP contribution in [0.4, 0.5) is 8.78 Å². The predicted molar refractivity (Wildman–Crippen MR) is 91.7 cm³/mol. The van der Waals surface area contributed by atoms with Crippen LogP contribution in [0, 0.1) is 16.4 Å². The van der Waals surface area contributed by atoms with Crippen molar-refractivity contribution in [2.75, 3.05) is 6.54 Å². The Hall–Kier alpha value is -1.24. The molecule has 1 aliphatic carbocycles. The summed E-state index contributed by atoms with van der Waals surface area (Å²) in [5.74, 6) is -0.951. The molecule has 3 N–H and O–H groups in total. The van der Waals surface area contributed by atoms with Crippen molar-refractivity contribution >= 4 is 24.6 Å². The van der Waals surface area contributed by atoms with Crippen LogP contribution in [0.1, 0.15) is 35.7 Å². The van der Waals surface area contributed by atoms with E-state index < -0.39 is 11.6 Å². The van der Waals surface area contributed by atoms with Gasteiger partial charge in [0, 0.05) is 24.0 Å². The average Bonchev–Trinajstić information content (AvgIpc) is 2.85. The summed E-state index contributed by atoms with van der Waals surface area (Å²) in [6.07, 6.45) is 5.67. The second kappa shape index (κ2) is 7.55. The number of aromatic amines is 1. The maximum Gasteiger partial charge on any atom is 0.177 e. The summed E-state index contributed by atoms with van der Waals surface area (Å²) in [6.45, 7) is 0.627. The minimum absolute atomic E-state index is 0. The molecule has 23 heavy (non-hydrogen) atoms. The molecule has 0 bridgehead atoms. The highest BCUT2D eigenvalue weighted by atomic mass is 35.5. The lowest BCUT2D eigenvalue weighted by molar-refractivity contribution is 0.415. The molecule has 3 nitrogen and oxygen atoms in total. The zero-order valence-electron chi connectivity index (χ0n) is 12.6. The van der Waals surface area contributed by atoms with Crippen LogP contribution in [-0.4, -0.2) is 16.1 Å². The van der Waals surface area contributed by atoms with Crippen molar-refractivity contribution in [1.82, 2.24) is 9.55 Å². The predicted octanol–water partition coefficient (Wildman–Crippen LogP) is 3.87. The Morgan fingerprint density at radius 1 is 1.35 bits per heavy atom. The minimum atomic E-state index is -0.516. The van der Waals surface area contributed by atoms with Gasteiger partial charge in [0.15, 0.2) is 4.77 Å². The number of halogens is 3. The Balaban J connectivity index is 0.00000192. The van der Waals surface area contributed by atoms with Gasteiger partial charge in [-0.2, -0.15) is 0 Å². The first-order chi connectivity index (χ1) is 10.6. The average molecular weight is 360 g/mol. The number of nitrogens with one attached hydrogen (secondary N) is 1. The maximum absolute atomic E-state index is 13.8. The van der Waals surface area contributed by atoms with E-state index in [9.17, 15) is 8.78 Å². The van der Waals surface area contributed by atoms with Crippen LogP contribution in [0.25, 0.3) is 0 Å². The standard InChI is InChI=1S/C16H19F2N3S.ClH/c17-11-6-10-7-12(3-4-14(10)15(18)8-11)21-13(2-1-5-19)9-20-16(21)22;/h6,8-9,12H,1-5,7,19H2,(H,20,22);1H. The molecule has 1 aromatic carbocycles. The van der Waals surface area contributed by atoms with Gasteiger partial charge >= 0.3 is 0 Å². The molecular weight excluding hydrogens is 340 g/mol. The number of H-pyrrole nitrogens is 1. The fourth-order valence-electron chi connectivity index (χ4n) is 3.30. The normalized spacial score (nSPS) is 16.7. The SMILES string of the molecule is Cl.NCCCc1c[nH]c(=S)n1C1CCc2c(F)cc(F)cc2C1. The summed E-state index contributed by atoms with van der Waals surface area (Å²) in [7, 11) is 0. The number of benzene rings is 1. The van der Waals surface area contributed by atoms with Crippen molar-refractivity contribution in [3.8, 4) is 0 Å². The van der Waals surface area contributed by atoms with Gasteiger partial charge in [0.1, 0.15) is 11.6 Å². The Kier molecular flexibility index (Phi) is 5.95. The molecule has 1 atom stereocenters. The highest BCUT2D eigenvalue weighted by Crippen LogP contribution is 2.32. The second-order valence-corrected chi connectivity index (χ2v) is 6.16. The van der Waals surface area contributed by atoms with Crippen molar-refractivity contribution in [2.45, 2.75) is 38.1 Å². The van der Waals surface area contributed by atoms with E-state index in [0.717, 1.165) is 36.6 Å². The number of hydrogen-bond acceptors (Lipinski definition) is 2. The largest absolute Gasteiger partial charge is 0.337 e. The van der Waals surface area contributed by atoms with Gasteiger partial charge in [-0.3, -0.25) is 0 Å². The third-order valence-electron chi connectivity index (χ3n) is 4.33. The molecule has 0 fully saturated rings. The monoisotopic (exact) mass is 359 g/mol. The molecule has 126 valence electrons. The summed E-state index contributed by atoms with van der Waals surface area (Å²) in [4.78, 5) is 3.08. The quantitative estimate of drug-likeness (QED) is 0.814. The van der Waals surface area contributed by atoms with Crippen LogP contribution in [0.15, 0.2) is 18.3 Å². The summed E-state index contributed by atoms with van der Waals surface area (Å²) < 4.78 is 30.1. The van der Waals surface area contributed by atoms with Gasteiger partial charge in [-0.05, 0) is 68.1 Å². The van der Waals surface area contributed by atoms with Crippen molar-refractivity contribution in [3.63, 3.8) is 0 Å². The molecule has 1 aliphatic rings. The van der Waals surface area contributed by atoms with Gasteiger partial charge in [0.2, 0.25) is 0 Å². The topological polar surface area (TPSA) is 46.7 Å². The van der Waals surface area contributed by atoms with Crippen molar-refractivity contribution < 1.29 is 8.78 Å². The van der Waals surface area contributed by atoms with E-state index >= 15 is 0 Å². The first kappa shape index (κ1) is 18.1. The summed E-state index contributed by atoms with van der Waals surface area (Å²) in [5, 5.41) is 0. The number of hydrogen-bond donors (Lipinski definition) is 2. The first-order valence-corrected chi connectivity index (χ1v) is 7.96. The van der Waals surface area contributed by atoms with E-state index in [2.05, 4.69) is 9.55 Å². The van der Waals surface area contributed by atoms with Gasteiger partial charge in [-0.15, -0.1) is 12.4 Å². The van der Waals surface area contributed by atoms with E-state index in [1.807, 2.05) is 6.20 Å². The third kappa shape index (κ3) is 3.65. The molecule has 0 amide bonds. The lowest BCUT2D eigenvalue weighted by Gasteiger charge is -2.27. The van der Waals surface area contributed by atoms with E-state index in [4.69, 9.17) is 18.0 Å². The van der Waals surface area contributed by atoms with Gasteiger partial charge < -0.3 is 15.3 Å². The van der Waals surface area contributed by atoms with Crippen LogP contribution >= 0.6 is 24.6 Å². The molecule has 2 aromatic rings. The molecule has 0 aliphatic heterocycles. The Morgan fingerprint density at radius 3 is 2.87 bits per heavy atom. The molecule has 1 aromatic heterocycles. The Morgan fingerprint density at radius 2 is 2.13 bits per heavy atom. The van der Waals surface area contributed by atoms with Crippen LogP contribution in [0.3, 0.4) is 0 Å². The molecule has 1 heterocycles. The highest BCUT2D eigenvalue weighted by Gasteiger charge is 2.25. The summed E-state index contributed by atoms with van der Waals surface area (Å²) >= 11 is 5.38. The van der Waals surface area contributed by atoms with Crippen molar-refractivity contribution in [2.24, 2.45) is 5.73 Å². The van der Waals surface area contributed by atoms with E-state index in [0.29, 0.717) is 29.7 Å². The second-order valence-electron chi connectivity index (χ2n) is 5.77. The van der Waals surface area contributed by atoms with Gasteiger partial charge in [-0.1, -0.05) is 0 Å². The molecule has 0 saturated heterocycles. The number of nitrogens with zero attached hydrogens (tertiary/aromatic N) is 1. The van der Waals surface area contributed by atoms with Crippen LogP contribution in [0.2, 0.25) is 0 Å². The Bertz CT molecular complexity index is 741. The first-order valence-electron chi connectivity index (χ1n) is 7.55. The lowest BCUT2D eigenvalue weighted by Crippen LogP contribution is -2.21. The molecule has 3 rings (SSSR count). The van der Waals surface area contributed by atoms with Crippen LogP contribution in [0.5, 0.6) is 0 Å². The molecule has 0 saturated carbocycles. The maximum atomic E-state index is 13.8. The van der Waals surface area contributed by atoms with Crippen molar-refractivity contribution in [3.05, 3.63) is 51.6 Å². The molecule has 0 radical (unpaired) electrons. The third-order valence-corrected chi connectivity index (χ3v) is 4.64. The molecule has 7 heteroatoms. The molecular formula is C16H20ClF2N3S. The Labute approximate surface area is 145 Å². The fourth-order valence-corrected chi connectivity index (χ4v) is 3.62. The number of rotatable bonds is 4. The minimum Gasteiger partial charge on any atom is -0.337 e. The lowest BCUT2D eigenvalue weighted by atomic mass is 9.87. The van der Waals surface area contributed by atoms with Gasteiger partial charge in [0.25, 0.3) is 0 Å². The molecule has 1 unspecified atom stereocenters.